The van der Waals surface area contributed by atoms with Crippen LogP contribution in [0.3, 0.4) is 0 Å². The van der Waals surface area contributed by atoms with Crippen LogP contribution in [0.1, 0.15) is 39.9 Å². The molecule has 20 heavy (non-hydrogen) atoms. The Hall–Kier alpha value is -0.870. The Morgan fingerprint density at radius 1 is 1.50 bits per heavy atom. The predicted octanol–water partition coefficient (Wildman–Crippen LogP) is 2.06. The summed E-state index contributed by atoms with van der Waals surface area (Å²) in [6.45, 7) is 12.6. The van der Waals surface area contributed by atoms with Crippen molar-refractivity contribution in [3.05, 3.63) is 18.2 Å². The van der Waals surface area contributed by atoms with E-state index in [0.29, 0.717) is 6.04 Å². The molecule has 0 bridgehead atoms. The summed E-state index contributed by atoms with van der Waals surface area (Å²) in [5.74, 6) is 1.92. The van der Waals surface area contributed by atoms with Crippen LogP contribution in [0.2, 0.25) is 0 Å². The van der Waals surface area contributed by atoms with Gasteiger partial charge in [0.1, 0.15) is 5.82 Å². The van der Waals surface area contributed by atoms with Gasteiger partial charge in [0.05, 0.1) is 0 Å². The minimum atomic E-state index is 0.214. The maximum Gasteiger partial charge on any atom is 0.109 e. The van der Waals surface area contributed by atoms with Crippen molar-refractivity contribution in [2.75, 3.05) is 19.6 Å². The summed E-state index contributed by atoms with van der Waals surface area (Å²) in [5.41, 5.74) is 0.214. The van der Waals surface area contributed by atoms with Gasteiger partial charge in [-0.1, -0.05) is 20.3 Å². The average Bonchev–Trinajstić information content (AvgIpc) is 2.80. The maximum absolute atomic E-state index is 4.45. The number of piperazine rings is 1. The van der Waals surface area contributed by atoms with E-state index in [0.717, 1.165) is 32.0 Å². The van der Waals surface area contributed by atoms with Crippen molar-refractivity contribution >= 4 is 0 Å². The van der Waals surface area contributed by atoms with E-state index in [-0.39, 0.29) is 5.54 Å². The third-order valence-corrected chi connectivity index (χ3v) is 4.70. The van der Waals surface area contributed by atoms with Gasteiger partial charge in [-0.05, 0) is 19.8 Å². The summed E-state index contributed by atoms with van der Waals surface area (Å²) < 4.78 is 2.13. The van der Waals surface area contributed by atoms with Gasteiger partial charge in [0.15, 0.2) is 0 Å². The lowest BCUT2D eigenvalue weighted by molar-refractivity contribution is 0.0642. The Balaban J connectivity index is 2.01. The zero-order valence-electron chi connectivity index (χ0n) is 13.7. The van der Waals surface area contributed by atoms with Crippen LogP contribution in [0, 0.1) is 5.92 Å². The van der Waals surface area contributed by atoms with Gasteiger partial charge in [0.2, 0.25) is 0 Å². The number of hydrogen-bond donors (Lipinski definition) is 1. The van der Waals surface area contributed by atoms with E-state index in [4.69, 9.17) is 0 Å². The van der Waals surface area contributed by atoms with Crippen molar-refractivity contribution in [1.82, 2.24) is 19.8 Å². The summed E-state index contributed by atoms with van der Waals surface area (Å²) in [7, 11) is 2.08. The molecule has 0 saturated carbocycles. The first-order chi connectivity index (χ1) is 9.43. The highest BCUT2D eigenvalue weighted by molar-refractivity contribution is 4.97. The van der Waals surface area contributed by atoms with Gasteiger partial charge in [-0.15, -0.1) is 0 Å². The molecule has 0 aliphatic carbocycles. The fourth-order valence-electron chi connectivity index (χ4n) is 3.15. The second-order valence-electron chi connectivity index (χ2n) is 6.89. The van der Waals surface area contributed by atoms with E-state index in [2.05, 4.69) is 54.5 Å². The Bertz CT molecular complexity index is 424. The van der Waals surface area contributed by atoms with E-state index < -0.39 is 0 Å². The van der Waals surface area contributed by atoms with Gasteiger partial charge < -0.3 is 9.88 Å². The molecule has 2 rings (SSSR count). The number of nitrogens with zero attached hydrogens (tertiary/aromatic N) is 3. The molecule has 1 aromatic rings. The topological polar surface area (TPSA) is 33.1 Å². The highest BCUT2D eigenvalue weighted by atomic mass is 15.3. The second-order valence-corrected chi connectivity index (χ2v) is 6.89. The molecule has 1 fully saturated rings. The first kappa shape index (κ1) is 15.5. The highest BCUT2D eigenvalue weighted by Gasteiger charge is 2.34. The molecule has 1 aliphatic rings. The average molecular weight is 278 g/mol. The number of nitrogens with one attached hydrogen (secondary N) is 1. The van der Waals surface area contributed by atoms with Gasteiger partial charge in [0.25, 0.3) is 0 Å². The molecule has 0 aromatic carbocycles. The number of aromatic nitrogens is 2. The minimum absolute atomic E-state index is 0.214. The zero-order chi connectivity index (χ0) is 14.8. The molecule has 0 amide bonds. The molecule has 1 aromatic heterocycles. The predicted molar refractivity (Wildman–Crippen MR) is 83.8 cm³/mol. The smallest absolute Gasteiger partial charge is 0.109 e. The van der Waals surface area contributed by atoms with Crippen LogP contribution < -0.4 is 5.32 Å². The molecule has 1 aliphatic heterocycles. The summed E-state index contributed by atoms with van der Waals surface area (Å²) in [4.78, 5) is 7.11. The van der Waals surface area contributed by atoms with E-state index >= 15 is 0 Å². The Kier molecular flexibility index (Phi) is 4.86. The Morgan fingerprint density at radius 2 is 2.25 bits per heavy atom. The second kappa shape index (κ2) is 6.27. The maximum atomic E-state index is 4.45. The van der Waals surface area contributed by atoms with Gasteiger partial charge in [0, 0.05) is 57.1 Å². The van der Waals surface area contributed by atoms with Gasteiger partial charge in [-0.2, -0.15) is 0 Å². The molecule has 0 spiro atoms. The van der Waals surface area contributed by atoms with Crippen LogP contribution in [0.15, 0.2) is 12.4 Å². The van der Waals surface area contributed by atoms with Crippen LogP contribution in [0.5, 0.6) is 0 Å². The third-order valence-electron chi connectivity index (χ3n) is 4.70. The lowest BCUT2D eigenvalue weighted by Crippen LogP contribution is -2.63. The molecule has 2 atom stereocenters. The fourth-order valence-corrected chi connectivity index (χ4v) is 3.15. The summed E-state index contributed by atoms with van der Waals surface area (Å²) in [6.07, 6.45) is 6.20. The van der Waals surface area contributed by atoms with Gasteiger partial charge in [-0.25, -0.2) is 4.98 Å². The first-order valence-corrected chi connectivity index (χ1v) is 7.88. The molecular weight excluding hydrogens is 248 g/mol. The van der Waals surface area contributed by atoms with E-state index in [1.54, 1.807) is 0 Å². The normalized spacial score (nSPS) is 24.8. The SMILES string of the molecule is CCC(C)C1CNC(C)(C)CN1CCc1nccn1C. The number of aryl methyl sites for hydroxylation is 1. The van der Waals surface area contributed by atoms with Crippen molar-refractivity contribution in [1.29, 1.82) is 0 Å². The van der Waals surface area contributed by atoms with Crippen LogP contribution in [0.25, 0.3) is 0 Å². The number of imidazole rings is 1. The van der Waals surface area contributed by atoms with Crippen molar-refractivity contribution in [2.24, 2.45) is 13.0 Å². The van der Waals surface area contributed by atoms with Crippen LogP contribution >= 0.6 is 0 Å². The monoisotopic (exact) mass is 278 g/mol. The Labute approximate surface area is 123 Å². The first-order valence-electron chi connectivity index (χ1n) is 7.88. The molecule has 0 radical (unpaired) electrons. The lowest BCUT2D eigenvalue weighted by atomic mass is 9.90. The van der Waals surface area contributed by atoms with E-state index in [9.17, 15) is 0 Å². The molecule has 1 saturated heterocycles. The van der Waals surface area contributed by atoms with Crippen LogP contribution in [0.4, 0.5) is 0 Å². The minimum Gasteiger partial charge on any atom is -0.338 e. The molecular formula is C16H30N4. The largest absolute Gasteiger partial charge is 0.338 e. The number of hydrogen-bond acceptors (Lipinski definition) is 3. The molecule has 4 nitrogen and oxygen atoms in total. The van der Waals surface area contributed by atoms with E-state index in [1.165, 1.54) is 12.2 Å². The molecule has 4 heteroatoms. The van der Waals surface area contributed by atoms with Crippen molar-refractivity contribution in [2.45, 2.75) is 52.1 Å². The molecule has 114 valence electrons. The third kappa shape index (κ3) is 3.61. The highest BCUT2D eigenvalue weighted by Crippen LogP contribution is 2.22. The van der Waals surface area contributed by atoms with Gasteiger partial charge >= 0.3 is 0 Å². The summed E-state index contributed by atoms with van der Waals surface area (Å²) in [6, 6.07) is 0.647. The van der Waals surface area contributed by atoms with Crippen molar-refractivity contribution < 1.29 is 0 Å². The van der Waals surface area contributed by atoms with Crippen LogP contribution in [-0.4, -0.2) is 45.7 Å². The quantitative estimate of drug-likeness (QED) is 0.895. The van der Waals surface area contributed by atoms with Crippen molar-refractivity contribution in [3.8, 4) is 0 Å². The van der Waals surface area contributed by atoms with E-state index in [1.807, 2.05) is 12.4 Å². The molecule has 1 N–H and O–H groups in total. The summed E-state index contributed by atoms with van der Waals surface area (Å²) in [5, 5.41) is 3.70. The van der Waals surface area contributed by atoms with Crippen LogP contribution in [-0.2, 0) is 13.5 Å². The standard InChI is InChI=1S/C16H30N4/c1-6-13(2)14-11-18-16(3,4)12-20(14)9-7-15-17-8-10-19(15)5/h8,10,13-14,18H,6-7,9,11-12H2,1-5H3. The Morgan fingerprint density at radius 3 is 2.85 bits per heavy atom. The molecule has 2 heterocycles. The zero-order valence-corrected chi connectivity index (χ0v) is 13.7. The lowest BCUT2D eigenvalue weighted by Gasteiger charge is -2.46. The summed E-state index contributed by atoms with van der Waals surface area (Å²) >= 11 is 0. The van der Waals surface area contributed by atoms with Crippen molar-refractivity contribution in [3.63, 3.8) is 0 Å². The van der Waals surface area contributed by atoms with Gasteiger partial charge in [-0.3, -0.25) is 4.90 Å². The number of rotatable bonds is 5. The fraction of sp³-hybridized carbons (Fsp3) is 0.812. The molecule has 2 unspecified atom stereocenters.